The van der Waals surface area contributed by atoms with Crippen molar-refractivity contribution in [1.29, 1.82) is 0 Å². The van der Waals surface area contributed by atoms with E-state index in [1.165, 1.54) is 6.07 Å². The molecule has 0 N–H and O–H groups in total. The van der Waals surface area contributed by atoms with Gasteiger partial charge in [-0.1, -0.05) is 29.8 Å². The van der Waals surface area contributed by atoms with Gasteiger partial charge in [-0.3, -0.25) is 4.79 Å². The molecule has 1 aromatic heterocycles. The largest absolute Gasteiger partial charge is 0.534 e. The number of ether oxygens (including phenoxy) is 2. The van der Waals surface area contributed by atoms with Crippen LogP contribution in [0, 0.1) is 0 Å². The molecule has 0 bridgehead atoms. The molecule has 12 heteroatoms. The molecule has 0 saturated carbocycles. The number of carbonyl (C=O) groups is 1. The maximum Gasteiger partial charge on any atom is 0.534 e. The summed E-state index contributed by atoms with van der Waals surface area (Å²) in [5.41, 5.74) is -4.69. The molecule has 3 rings (SSSR count). The van der Waals surface area contributed by atoms with Crippen LogP contribution < -0.4 is 8.92 Å². The van der Waals surface area contributed by atoms with Crippen molar-refractivity contribution >= 4 is 49.1 Å². The second-order valence-corrected chi connectivity index (χ2v) is 9.67. The Morgan fingerprint density at radius 2 is 1.84 bits per heavy atom. The highest BCUT2D eigenvalue weighted by Crippen LogP contribution is 2.39. The van der Waals surface area contributed by atoms with Gasteiger partial charge in [0.2, 0.25) is 0 Å². The number of hydrogen-bond donors (Lipinski definition) is 0. The van der Waals surface area contributed by atoms with Crippen molar-refractivity contribution < 1.29 is 40.0 Å². The molecule has 0 aliphatic heterocycles. The van der Waals surface area contributed by atoms with Gasteiger partial charge in [0.15, 0.2) is 5.75 Å². The molecule has 0 atom stereocenters. The fraction of sp³-hybridized carbons (Fsp3) is 0.250. The number of rotatable bonds is 8. The standard InChI is InChI=1S/C20H16ClF3O6S2/c1-2-28-19(25)9-13-5-3-4-6-15(13)29-11-12-7-16(30-32(26,27)20(22,23)24)14-10-18(21)31-17(14)8-12/h3-8,10H,2,9,11H2,1H3. The SMILES string of the molecule is CCOC(=O)Cc1ccccc1OCc1cc(OS(=O)(=O)C(F)(F)F)c2cc(Cl)sc2c1. The lowest BCUT2D eigenvalue weighted by Crippen LogP contribution is -2.28. The van der Waals surface area contributed by atoms with Gasteiger partial charge in [0, 0.05) is 15.6 Å². The van der Waals surface area contributed by atoms with E-state index in [-0.39, 0.29) is 29.4 Å². The molecule has 32 heavy (non-hydrogen) atoms. The highest BCUT2D eigenvalue weighted by molar-refractivity contribution is 7.88. The fourth-order valence-corrected chi connectivity index (χ4v) is 4.46. The zero-order valence-electron chi connectivity index (χ0n) is 16.4. The smallest absolute Gasteiger partial charge is 0.489 e. The monoisotopic (exact) mass is 508 g/mol. The fourth-order valence-electron chi connectivity index (χ4n) is 2.77. The Hall–Kier alpha value is -2.50. The maximum atomic E-state index is 12.8. The van der Waals surface area contributed by atoms with E-state index in [1.807, 2.05) is 0 Å². The van der Waals surface area contributed by atoms with Gasteiger partial charge >= 0.3 is 21.6 Å². The minimum atomic E-state index is -5.87. The first-order valence-corrected chi connectivity index (χ1v) is 11.7. The van der Waals surface area contributed by atoms with Gasteiger partial charge < -0.3 is 13.7 Å². The molecule has 0 aliphatic carbocycles. The Balaban J connectivity index is 1.89. The number of esters is 1. The first-order chi connectivity index (χ1) is 15.0. The van der Waals surface area contributed by atoms with Gasteiger partial charge in [0.25, 0.3) is 0 Å². The number of benzene rings is 2. The average molecular weight is 509 g/mol. The first-order valence-electron chi connectivity index (χ1n) is 9.09. The number of para-hydroxylation sites is 1. The van der Waals surface area contributed by atoms with Crippen LogP contribution in [0.3, 0.4) is 0 Å². The van der Waals surface area contributed by atoms with E-state index in [0.29, 0.717) is 21.6 Å². The van der Waals surface area contributed by atoms with Gasteiger partial charge in [-0.25, -0.2) is 0 Å². The molecule has 0 amide bonds. The molecule has 2 aromatic carbocycles. The summed E-state index contributed by atoms with van der Waals surface area (Å²) in [5, 5.41) is 0.124. The molecule has 3 aromatic rings. The van der Waals surface area contributed by atoms with E-state index in [0.717, 1.165) is 17.4 Å². The quantitative estimate of drug-likeness (QED) is 0.228. The summed E-state index contributed by atoms with van der Waals surface area (Å²) in [7, 11) is -5.87. The highest BCUT2D eigenvalue weighted by Gasteiger charge is 2.48. The summed E-state index contributed by atoms with van der Waals surface area (Å²) in [6.45, 7) is 1.79. The van der Waals surface area contributed by atoms with E-state index in [4.69, 9.17) is 21.1 Å². The molecular weight excluding hydrogens is 493 g/mol. The second-order valence-electron chi connectivity index (χ2n) is 6.42. The van der Waals surface area contributed by atoms with Crippen LogP contribution in [0.5, 0.6) is 11.5 Å². The van der Waals surface area contributed by atoms with Crippen LogP contribution >= 0.6 is 22.9 Å². The third-order valence-electron chi connectivity index (χ3n) is 4.12. The minimum absolute atomic E-state index is 0.0260. The van der Waals surface area contributed by atoms with Crippen molar-refractivity contribution in [3.63, 3.8) is 0 Å². The average Bonchev–Trinajstić information content (AvgIpc) is 3.07. The van der Waals surface area contributed by atoms with Crippen LogP contribution in [-0.2, 0) is 32.7 Å². The molecule has 1 heterocycles. The van der Waals surface area contributed by atoms with Crippen LogP contribution in [0.15, 0.2) is 42.5 Å². The highest BCUT2D eigenvalue weighted by atomic mass is 35.5. The molecule has 6 nitrogen and oxygen atoms in total. The molecule has 172 valence electrons. The van der Waals surface area contributed by atoms with Gasteiger partial charge in [-0.05, 0) is 36.8 Å². The Morgan fingerprint density at radius 3 is 2.53 bits per heavy atom. The molecule has 0 aliphatic rings. The minimum Gasteiger partial charge on any atom is -0.489 e. The Kier molecular flexibility index (Phi) is 7.21. The van der Waals surface area contributed by atoms with Crippen molar-refractivity contribution in [2.75, 3.05) is 6.61 Å². The lowest BCUT2D eigenvalue weighted by atomic mass is 10.1. The second kappa shape index (κ2) is 9.55. The number of carbonyl (C=O) groups excluding carboxylic acids is 1. The van der Waals surface area contributed by atoms with Crippen molar-refractivity contribution in [3.8, 4) is 11.5 Å². The Bertz CT molecular complexity index is 1240. The maximum absolute atomic E-state index is 12.8. The number of alkyl halides is 3. The first kappa shape index (κ1) is 24.1. The summed E-state index contributed by atoms with van der Waals surface area (Å²) in [6, 6.07) is 10.8. The number of halogens is 4. The lowest BCUT2D eigenvalue weighted by Gasteiger charge is -2.14. The van der Waals surface area contributed by atoms with Crippen molar-refractivity contribution in [3.05, 3.63) is 57.9 Å². The summed E-state index contributed by atoms with van der Waals surface area (Å²) < 4.78 is 77.1. The molecule has 0 spiro atoms. The summed E-state index contributed by atoms with van der Waals surface area (Å²) >= 11 is 7.00. The van der Waals surface area contributed by atoms with Crippen molar-refractivity contribution in [2.24, 2.45) is 0 Å². The van der Waals surface area contributed by atoms with Gasteiger partial charge in [0.1, 0.15) is 12.4 Å². The number of hydrogen-bond acceptors (Lipinski definition) is 7. The normalized spacial score (nSPS) is 12.0. The number of fused-ring (bicyclic) bond motifs is 1. The molecule has 0 radical (unpaired) electrons. The van der Waals surface area contributed by atoms with Crippen LogP contribution in [0.4, 0.5) is 13.2 Å². The van der Waals surface area contributed by atoms with E-state index < -0.39 is 27.3 Å². The summed E-state index contributed by atoms with van der Waals surface area (Å²) in [5.74, 6) is -0.581. The topological polar surface area (TPSA) is 78.9 Å². The zero-order valence-corrected chi connectivity index (χ0v) is 18.8. The van der Waals surface area contributed by atoms with Crippen LogP contribution in [0.2, 0.25) is 4.34 Å². The van der Waals surface area contributed by atoms with Crippen LogP contribution in [0.25, 0.3) is 10.1 Å². The van der Waals surface area contributed by atoms with E-state index in [9.17, 15) is 26.4 Å². The van der Waals surface area contributed by atoms with Crippen LogP contribution in [0.1, 0.15) is 18.1 Å². The van der Waals surface area contributed by atoms with Gasteiger partial charge in [-0.15, -0.1) is 11.3 Å². The third kappa shape index (κ3) is 5.64. The van der Waals surface area contributed by atoms with E-state index in [2.05, 4.69) is 4.18 Å². The Morgan fingerprint density at radius 1 is 1.12 bits per heavy atom. The molecular formula is C20H16ClF3O6S2. The molecule has 0 saturated heterocycles. The predicted molar refractivity (Wildman–Crippen MR) is 114 cm³/mol. The van der Waals surface area contributed by atoms with E-state index >= 15 is 0 Å². The van der Waals surface area contributed by atoms with Crippen molar-refractivity contribution in [2.45, 2.75) is 25.5 Å². The summed E-state index contributed by atoms with van der Waals surface area (Å²) in [6.07, 6.45) is -0.0260. The lowest BCUT2D eigenvalue weighted by molar-refractivity contribution is -0.142. The third-order valence-corrected chi connectivity index (χ3v) is 6.30. The van der Waals surface area contributed by atoms with E-state index in [1.54, 1.807) is 37.3 Å². The predicted octanol–water partition coefficient (Wildman–Crippen LogP) is 5.47. The molecule has 0 fully saturated rings. The zero-order chi connectivity index (χ0) is 23.5. The van der Waals surface area contributed by atoms with Gasteiger partial charge in [0.05, 0.1) is 17.4 Å². The van der Waals surface area contributed by atoms with Gasteiger partial charge in [-0.2, -0.15) is 21.6 Å². The van der Waals surface area contributed by atoms with Crippen LogP contribution in [-0.4, -0.2) is 26.5 Å². The van der Waals surface area contributed by atoms with Crippen molar-refractivity contribution in [1.82, 2.24) is 0 Å². The molecule has 0 unspecified atom stereocenters. The Labute approximate surface area is 190 Å². The summed E-state index contributed by atoms with van der Waals surface area (Å²) in [4.78, 5) is 11.8. The number of thiophene rings is 1.